The van der Waals surface area contributed by atoms with E-state index in [1.165, 1.54) is 0 Å². The Labute approximate surface area is 164 Å². The van der Waals surface area contributed by atoms with E-state index in [0.29, 0.717) is 25.0 Å². The Morgan fingerprint density at radius 1 is 1.11 bits per heavy atom. The Balaban J connectivity index is 0.00000180. The summed E-state index contributed by atoms with van der Waals surface area (Å²) >= 11 is 0. The highest BCUT2D eigenvalue weighted by Crippen LogP contribution is 2.25. The zero-order valence-corrected chi connectivity index (χ0v) is 15.8. The van der Waals surface area contributed by atoms with Gasteiger partial charge in [-0.15, -0.1) is 22.6 Å². The van der Waals surface area contributed by atoms with Crippen LogP contribution in [-0.4, -0.2) is 57.3 Å². The monoisotopic (exact) mass is 389 g/mol. The van der Waals surface area contributed by atoms with Gasteiger partial charge in [0.2, 0.25) is 5.91 Å². The zero-order valence-electron chi connectivity index (χ0n) is 15.0. The summed E-state index contributed by atoms with van der Waals surface area (Å²) in [4.78, 5) is 15.0. The van der Waals surface area contributed by atoms with Gasteiger partial charge in [0.25, 0.3) is 0 Å². The maximum absolute atomic E-state index is 13.1. The Morgan fingerprint density at radius 3 is 2.81 bits per heavy atom. The molecule has 0 spiro atoms. The number of fused-ring (bicyclic) bond motifs is 2. The van der Waals surface area contributed by atoms with Crippen LogP contribution in [0.15, 0.2) is 30.3 Å². The van der Waals surface area contributed by atoms with Gasteiger partial charge < -0.3 is 14.8 Å². The van der Waals surface area contributed by atoms with Gasteiger partial charge in [-0.1, -0.05) is 30.3 Å². The Kier molecular flexibility index (Phi) is 5.14. The summed E-state index contributed by atoms with van der Waals surface area (Å²) in [5.41, 5.74) is 7.59. The van der Waals surface area contributed by atoms with Crippen molar-refractivity contribution in [1.82, 2.24) is 35.8 Å². The third-order valence-electron chi connectivity index (χ3n) is 5.74. The van der Waals surface area contributed by atoms with Crippen molar-refractivity contribution in [2.24, 2.45) is 5.92 Å². The molecule has 3 atom stereocenters. The minimum Gasteiger partial charge on any atom is -0.332 e. The third kappa shape index (κ3) is 3.23. The number of nitrogens with one attached hydrogen (secondary N) is 3. The van der Waals surface area contributed by atoms with E-state index >= 15 is 0 Å². The summed E-state index contributed by atoms with van der Waals surface area (Å²) in [6.45, 7) is 3.81. The second kappa shape index (κ2) is 7.55. The number of rotatable bonds is 2. The van der Waals surface area contributed by atoms with Crippen molar-refractivity contribution < 1.29 is 4.79 Å². The molecule has 3 N–H and O–H groups in total. The molecule has 1 aromatic carbocycles. The Morgan fingerprint density at radius 2 is 1.96 bits per heavy atom. The molecule has 8 nitrogen and oxygen atoms in total. The molecule has 4 heterocycles. The fraction of sp³-hybridized carbons (Fsp3) is 0.500. The zero-order chi connectivity index (χ0) is 17.5. The molecule has 27 heavy (non-hydrogen) atoms. The van der Waals surface area contributed by atoms with E-state index in [0.717, 1.165) is 43.3 Å². The van der Waals surface area contributed by atoms with Crippen LogP contribution in [0.3, 0.4) is 0 Å². The quantitative estimate of drug-likeness (QED) is 0.678. The van der Waals surface area contributed by atoms with Crippen molar-refractivity contribution >= 4 is 18.3 Å². The molecular formula is C18H24ClN7O. The van der Waals surface area contributed by atoms with Crippen LogP contribution < -0.4 is 16.2 Å². The number of hydrazine groups is 1. The molecule has 144 valence electrons. The Bertz CT molecular complexity index is 811. The van der Waals surface area contributed by atoms with E-state index in [2.05, 4.69) is 30.9 Å². The maximum Gasteiger partial charge on any atom is 0.241 e. The van der Waals surface area contributed by atoms with Crippen molar-refractivity contribution in [2.45, 2.75) is 31.6 Å². The van der Waals surface area contributed by atoms with E-state index in [9.17, 15) is 4.79 Å². The molecule has 9 heteroatoms. The van der Waals surface area contributed by atoms with Gasteiger partial charge in [0, 0.05) is 37.2 Å². The predicted octanol–water partition coefficient (Wildman–Crippen LogP) is 0.164. The van der Waals surface area contributed by atoms with Crippen molar-refractivity contribution in [1.29, 1.82) is 0 Å². The number of nitrogens with zero attached hydrogens (tertiary/aromatic N) is 4. The molecule has 3 aliphatic rings. The summed E-state index contributed by atoms with van der Waals surface area (Å²) in [6.07, 6.45) is 1.05. The molecule has 0 radical (unpaired) electrons. The second-order valence-electron chi connectivity index (χ2n) is 7.25. The molecule has 1 aromatic heterocycles. The summed E-state index contributed by atoms with van der Waals surface area (Å²) in [5, 5.41) is 12.1. The number of halogens is 1. The summed E-state index contributed by atoms with van der Waals surface area (Å²) < 4.78 is 2.13. The fourth-order valence-electron chi connectivity index (χ4n) is 4.30. The van der Waals surface area contributed by atoms with E-state index in [-0.39, 0.29) is 24.4 Å². The average molecular weight is 390 g/mol. The normalized spacial score (nSPS) is 26.8. The lowest BCUT2D eigenvalue weighted by Crippen LogP contribution is -2.52. The van der Waals surface area contributed by atoms with Crippen LogP contribution in [-0.2, 0) is 17.9 Å². The second-order valence-corrected chi connectivity index (χ2v) is 7.25. The first kappa shape index (κ1) is 18.4. The highest BCUT2D eigenvalue weighted by molar-refractivity contribution is 5.85. The number of carbonyl (C=O) groups is 1. The first-order valence-corrected chi connectivity index (χ1v) is 9.29. The van der Waals surface area contributed by atoms with Crippen LogP contribution in [0.25, 0.3) is 11.4 Å². The third-order valence-corrected chi connectivity index (χ3v) is 5.74. The van der Waals surface area contributed by atoms with E-state index in [1.807, 2.05) is 35.2 Å². The van der Waals surface area contributed by atoms with Crippen LogP contribution in [0.4, 0.5) is 0 Å². The van der Waals surface area contributed by atoms with Gasteiger partial charge in [0.05, 0.1) is 6.54 Å². The Hall–Kier alpha value is -2.00. The number of aromatic nitrogens is 3. The molecule has 0 bridgehead atoms. The number of carbonyl (C=O) groups excluding carboxylic acids is 1. The van der Waals surface area contributed by atoms with Crippen molar-refractivity contribution in [3.63, 3.8) is 0 Å². The number of amides is 1. The molecule has 5 rings (SSSR count). The van der Waals surface area contributed by atoms with Crippen LogP contribution in [0.5, 0.6) is 0 Å². The summed E-state index contributed by atoms with van der Waals surface area (Å²) in [6, 6.07) is 10.3. The lowest BCUT2D eigenvalue weighted by atomic mass is 9.89. The van der Waals surface area contributed by atoms with Gasteiger partial charge in [-0.25, -0.2) is 5.43 Å². The lowest BCUT2D eigenvalue weighted by Gasteiger charge is -2.33. The number of hydrogen-bond donors (Lipinski definition) is 3. The highest BCUT2D eigenvalue weighted by atomic mass is 35.5. The van der Waals surface area contributed by atoms with Gasteiger partial charge in [0.1, 0.15) is 6.04 Å². The minimum absolute atomic E-state index is 0. The van der Waals surface area contributed by atoms with Crippen molar-refractivity contribution in [2.75, 3.05) is 19.6 Å². The van der Waals surface area contributed by atoms with E-state index in [1.54, 1.807) is 0 Å². The van der Waals surface area contributed by atoms with Crippen LogP contribution in [0, 0.1) is 5.92 Å². The topological polar surface area (TPSA) is 87.1 Å². The number of piperidine rings is 1. The minimum atomic E-state index is -0.170. The lowest BCUT2D eigenvalue weighted by molar-refractivity contribution is -0.135. The first-order chi connectivity index (χ1) is 12.8. The number of hydrogen-bond acceptors (Lipinski definition) is 6. The van der Waals surface area contributed by atoms with Gasteiger partial charge in [-0.3, -0.25) is 10.2 Å². The van der Waals surface area contributed by atoms with Crippen LogP contribution in [0.2, 0.25) is 0 Å². The fourth-order valence-corrected chi connectivity index (χ4v) is 4.30. The summed E-state index contributed by atoms with van der Waals surface area (Å²) in [5.74, 6) is 2.19. The molecule has 2 aromatic rings. The largest absolute Gasteiger partial charge is 0.332 e. The van der Waals surface area contributed by atoms with Crippen molar-refractivity contribution in [3.8, 4) is 11.4 Å². The SMILES string of the molecule is Cl.O=C(C1NNC2CCNCC21)N1CCn2c(nnc2-c2ccccc2)C1. The van der Waals surface area contributed by atoms with E-state index < -0.39 is 0 Å². The molecule has 2 saturated heterocycles. The number of benzene rings is 1. The van der Waals surface area contributed by atoms with Gasteiger partial charge in [-0.05, 0) is 13.0 Å². The molecule has 3 unspecified atom stereocenters. The van der Waals surface area contributed by atoms with Gasteiger partial charge in [-0.2, -0.15) is 0 Å². The van der Waals surface area contributed by atoms with Crippen LogP contribution in [0.1, 0.15) is 12.2 Å². The molecule has 3 aliphatic heterocycles. The molecule has 0 aliphatic carbocycles. The molecular weight excluding hydrogens is 366 g/mol. The maximum atomic E-state index is 13.1. The predicted molar refractivity (Wildman–Crippen MR) is 103 cm³/mol. The molecule has 2 fully saturated rings. The van der Waals surface area contributed by atoms with Crippen LogP contribution >= 0.6 is 12.4 Å². The average Bonchev–Trinajstić information content (AvgIpc) is 3.32. The van der Waals surface area contributed by atoms with Crippen molar-refractivity contribution in [3.05, 3.63) is 36.2 Å². The summed E-state index contributed by atoms with van der Waals surface area (Å²) in [7, 11) is 0. The first-order valence-electron chi connectivity index (χ1n) is 9.29. The highest BCUT2D eigenvalue weighted by Gasteiger charge is 2.43. The molecule has 0 saturated carbocycles. The smallest absolute Gasteiger partial charge is 0.241 e. The van der Waals surface area contributed by atoms with E-state index in [4.69, 9.17) is 0 Å². The molecule has 1 amide bonds. The van der Waals surface area contributed by atoms with Gasteiger partial charge >= 0.3 is 0 Å². The van der Waals surface area contributed by atoms with Gasteiger partial charge in [0.15, 0.2) is 11.6 Å². The standard InChI is InChI=1S/C18H23N7O.ClH/c26-18(16-13-10-19-7-6-14(13)20-22-16)24-8-9-25-15(11-24)21-23-17(25)12-4-2-1-3-5-12;/h1-5,13-14,16,19-20,22H,6-11H2;1H.